The summed E-state index contributed by atoms with van der Waals surface area (Å²) in [5.74, 6) is 0. The van der Waals surface area contributed by atoms with Gasteiger partial charge in [0.25, 0.3) is 0 Å². The lowest BCUT2D eigenvalue weighted by molar-refractivity contribution is 0.0521. The zero-order chi connectivity index (χ0) is 16.6. The molecule has 0 bridgehead atoms. The zero-order valence-corrected chi connectivity index (χ0v) is 15.3. The van der Waals surface area contributed by atoms with Crippen molar-refractivity contribution in [2.45, 2.75) is 72.1 Å². The van der Waals surface area contributed by atoms with Crippen molar-refractivity contribution in [2.75, 3.05) is 6.54 Å². The Morgan fingerprint density at radius 1 is 1.41 bits per heavy atom. The Morgan fingerprint density at radius 3 is 2.68 bits per heavy atom. The minimum Gasteiger partial charge on any atom is -0.444 e. The molecule has 22 heavy (non-hydrogen) atoms. The number of nitrogens with one attached hydrogen (secondary N) is 2. The number of ether oxygens (including phenoxy) is 1. The molecule has 0 fully saturated rings. The summed E-state index contributed by atoms with van der Waals surface area (Å²) in [6.45, 7) is 11.4. The molecule has 126 valence electrons. The number of alkyl carbamates (subject to hydrolysis) is 1. The molecule has 0 aliphatic heterocycles. The summed E-state index contributed by atoms with van der Waals surface area (Å²) in [5, 5.41) is 8.55. The fraction of sp³-hybridized carbons (Fsp3) is 0.706. The van der Waals surface area contributed by atoms with Gasteiger partial charge < -0.3 is 15.4 Å². The minimum atomic E-state index is -0.454. The summed E-state index contributed by atoms with van der Waals surface area (Å²) in [7, 11) is 0. The first-order chi connectivity index (χ1) is 10.3. The molecule has 0 radical (unpaired) electrons. The van der Waals surface area contributed by atoms with Gasteiger partial charge in [-0.2, -0.15) is 0 Å². The fourth-order valence-corrected chi connectivity index (χ4v) is 2.93. The molecule has 0 saturated carbocycles. The maximum absolute atomic E-state index is 11.8. The first kappa shape index (κ1) is 19.0. The van der Waals surface area contributed by atoms with Crippen LogP contribution in [-0.4, -0.2) is 24.3 Å². The molecule has 2 N–H and O–H groups in total. The largest absolute Gasteiger partial charge is 0.444 e. The third-order valence-electron chi connectivity index (χ3n) is 3.32. The Balaban J connectivity index is 2.43. The SMILES string of the molecule is CCCCC(CNC(=O)OC(C)(C)C)NCc1sccc1C. The number of rotatable bonds is 8. The van der Waals surface area contributed by atoms with Crippen LogP contribution in [0.2, 0.25) is 0 Å². The Morgan fingerprint density at radius 2 is 2.14 bits per heavy atom. The lowest BCUT2D eigenvalue weighted by Crippen LogP contribution is -2.42. The van der Waals surface area contributed by atoms with E-state index in [2.05, 4.69) is 35.9 Å². The van der Waals surface area contributed by atoms with E-state index >= 15 is 0 Å². The molecule has 1 unspecified atom stereocenters. The van der Waals surface area contributed by atoms with E-state index in [0.717, 1.165) is 25.8 Å². The quantitative estimate of drug-likeness (QED) is 0.751. The van der Waals surface area contributed by atoms with Crippen LogP contribution in [0, 0.1) is 6.92 Å². The molecular formula is C17H30N2O2S. The number of aryl methyl sites for hydroxylation is 1. The van der Waals surface area contributed by atoms with E-state index in [-0.39, 0.29) is 12.1 Å². The zero-order valence-electron chi connectivity index (χ0n) is 14.5. The summed E-state index contributed by atoms with van der Waals surface area (Å²) in [6, 6.07) is 2.41. The Kier molecular flexibility index (Phi) is 7.90. The molecule has 1 heterocycles. The van der Waals surface area contributed by atoms with Gasteiger partial charge in [-0.05, 0) is 51.1 Å². The fourth-order valence-electron chi connectivity index (χ4n) is 2.07. The maximum atomic E-state index is 11.8. The molecule has 1 amide bonds. The molecule has 0 saturated heterocycles. The summed E-state index contributed by atoms with van der Waals surface area (Å²) in [6.07, 6.45) is 3.01. The topological polar surface area (TPSA) is 50.4 Å². The van der Waals surface area contributed by atoms with Crippen LogP contribution in [0.5, 0.6) is 0 Å². The Bertz CT molecular complexity index is 452. The van der Waals surface area contributed by atoms with Crippen molar-refractivity contribution in [3.05, 3.63) is 21.9 Å². The molecule has 1 atom stereocenters. The van der Waals surface area contributed by atoms with Crippen molar-refractivity contribution in [3.63, 3.8) is 0 Å². The number of thiophene rings is 1. The highest BCUT2D eigenvalue weighted by Crippen LogP contribution is 2.15. The van der Waals surface area contributed by atoms with Gasteiger partial charge in [-0.25, -0.2) is 4.79 Å². The van der Waals surface area contributed by atoms with Crippen molar-refractivity contribution in [1.29, 1.82) is 0 Å². The molecule has 0 spiro atoms. The van der Waals surface area contributed by atoms with Gasteiger partial charge in [0.05, 0.1) is 0 Å². The number of carbonyl (C=O) groups is 1. The first-order valence-corrected chi connectivity index (χ1v) is 8.93. The second kappa shape index (κ2) is 9.16. The molecule has 4 nitrogen and oxygen atoms in total. The van der Waals surface area contributed by atoms with Gasteiger partial charge in [-0.15, -0.1) is 11.3 Å². The standard InChI is InChI=1S/C17H30N2O2S/c1-6-7-8-14(11-19-16(20)21-17(3,4)5)18-12-15-13(2)9-10-22-15/h9-10,14,18H,6-8,11-12H2,1-5H3,(H,19,20). The van der Waals surface area contributed by atoms with Crippen LogP contribution in [0.1, 0.15) is 57.4 Å². The highest BCUT2D eigenvalue weighted by atomic mass is 32.1. The number of hydrogen-bond acceptors (Lipinski definition) is 4. The van der Waals surface area contributed by atoms with Gasteiger partial charge >= 0.3 is 6.09 Å². The number of hydrogen-bond donors (Lipinski definition) is 2. The average molecular weight is 327 g/mol. The molecule has 5 heteroatoms. The van der Waals surface area contributed by atoms with Crippen LogP contribution in [-0.2, 0) is 11.3 Å². The van der Waals surface area contributed by atoms with Crippen molar-refractivity contribution < 1.29 is 9.53 Å². The maximum Gasteiger partial charge on any atom is 0.407 e. The van der Waals surface area contributed by atoms with Gasteiger partial charge in [-0.1, -0.05) is 19.8 Å². The molecule has 1 aromatic rings. The van der Waals surface area contributed by atoms with Crippen molar-refractivity contribution >= 4 is 17.4 Å². The van der Waals surface area contributed by atoms with Crippen LogP contribution in [0.25, 0.3) is 0 Å². The van der Waals surface area contributed by atoms with E-state index in [1.54, 1.807) is 11.3 Å². The van der Waals surface area contributed by atoms with E-state index in [4.69, 9.17) is 4.74 Å². The monoisotopic (exact) mass is 326 g/mol. The third kappa shape index (κ3) is 7.80. The lowest BCUT2D eigenvalue weighted by Gasteiger charge is -2.22. The normalized spacial score (nSPS) is 13.0. The highest BCUT2D eigenvalue weighted by Gasteiger charge is 2.17. The Hall–Kier alpha value is -1.07. The third-order valence-corrected chi connectivity index (χ3v) is 4.34. The van der Waals surface area contributed by atoms with Crippen LogP contribution in [0.15, 0.2) is 11.4 Å². The van der Waals surface area contributed by atoms with Gasteiger partial charge in [0.1, 0.15) is 5.60 Å². The van der Waals surface area contributed by atoms with E-state index in [9.17, 15) is 4.79 Å². The number of amides is 1. The number of unbranched alkanes of at least 4 members (excludes halogenated alkanes) is 1. The molecule has 0 aliphatic carbocycles. The van der Waals surface area contributed by atoms with Crippen molar-refractivity contribution in [2.24, 2.45) is 0 Å². The Labute approximate surface area is 138 Å². The average Bonchev–Trinajstić information content (AvgIpc) is 2.81. The van der Waals surface area contributed by atoms with Crippen LogP contribution in [0.4, 0.5) is 4.79 Å². The van der Waals surface area contributed by atoms with Crippen LogP contribution >= 0.6 is 11.3 Å². The summed E-state index contributed by atoms with van der Waals surface area (Å²) >= 11 is 1.77. The smallest absolute Gasteiger partial charge is 0.407 e. The minimum absolute atomic E-state index is 0.272. The van der Waals surface area contributed by atoms with Gasteiger partial charge in [0.2, 0.25) is 0 Å². The van der Waals surface area contributed by atoms with Crippen LogP contribution in [0.3, 0.4) is 0 Å². The molecule has 1 aromatic heterocycles. The molecule has 1 rings (SSSR count). The second-order valence-corrected chi connectivity index (χ2v) is 7.63. The van der Waals surface area contributed by atoms with Gasteiger partial charge in [0, 0.05) is 24.0 Å². The van der Waals surface area contributed by atoms with E-state index in [1.807, 2.05) is 20.8 Å². The van der Waals surface area contributed by atoms with Crippen LogP contribution < -0.4 is 10.6 Å². The van der Waals surface area contributed by atoms with Crippen molar-refractivity contribution in [3.8, 4) is 0 Å². The summed E-state index contributed by atoms with van der Waals surface area (Å²) in [4.78, 5) is 13.1. The van der Waals surface area contributed by atoms with Crippen molar-refractivity contribution in [1.82, 2.24) is 10.6 Å². The molecular weight excluding hydrogens is 296 g/mol. The second-order valence-electron chi connectivity index (χ2n) is 6.63. The van der Waals surface area contributed by atoms with E-state index < -0.39 is 5.60 Å². The van der Waals surface area contributed by atoms with Gasteiger partial charge in [-0.3, -0.25) is 0 Å². The summed E-state index contributed by atoms with van der Waals surface area (Å²) in [5.41, 5.74) is 0.872. The summed E-state index contributed by atoms with van der Waals surface area (Å²) < 4.78 is 5.29. The lowest BCUT2D eigenvalue weighted by atomic mass is 10.1. The predicted octanol–water partition coefficient (Wildman–Crippen LogP) is 4.23. The highest BCUT2D eigenvalue weighted by molar-refractivity contribution is 7.10. The molecule has 0 aromatic carbocycles. The predicted molar refractivity (Wildman–Crippen MR) is 93.4 cm³/mol. The van der Waals surface area contributed by atoms with Gasteiger partial charge in [0.15, 0.2) is 0 Å². The molecule has 0 aliphatic rings. The van der Waals surface area contributed by atoms with E-state index in [0.29, 0.717) is 6.54 Å². The number of carbonyl (C=O) groups excluding carboxylic acids is 1. The first-order valence-electron chi connectivity index (χ1n) is 8.05. The van der Waals surface area contributed by atoms with E-state index in [1.165, 1.54) is 10.4 Å².